The van der Waals surface area contributed by atoms with E-state index in [2.05, 4.69) is 9.88 Å². The van der Waals surface area contributed by atoms with E-state index in [1.807, 2.05) is 13.8 Å². The zero-order valence-corrected chi connectivity index (χ0v) is 24.4. The summed E-state index contributed by atoms with van der Waals surface area (Å²) in [4.78, 5) is 19.8. The predicted octanol–water partition coefficient (Wildman–Crippen LogP) is 6.95. The Morgan fingerprint density at radius 3 is 2.21 bits per heavy atom. The number of carbonyl (C=O) groups excluding carboxylic acids is 1. The SMILES string of the molecule is CC(=O)c1c(OCCN2CCOCC2)c(OC(CC(C)c2ccc(F)cc2)c2ccc(F)cc2)c2oc(C)nc2c1C. The average Bonchev–Trinajstić information content (AvgIpc) is 3.37. The second-order valence-corrected chi connectivity index (χ2v) is 10.8. The van der Waals surface area contributed by atoms with Crippen molar-refractivity contribution in [3.05, 3.63) is 88.3 Å². The number of aryl methyl sites for hydroxylation is 2. The number of benzene rings is 3. The zero-order chi connectivity index (χ0) is 29.8. The summed E-state index contributed by atoms with van der Waals surface area (Å²) in [6.07, 6.45) is -0.106. The number of Topliss-reactive ketones (excluding diaryl/α,β-unsaturated/α-hetero) is 1. The van der Waals surface area contributed by atoms with Crippen molar-refractivity contribution < 1.29 is 32.2 Å². The van der Waals surface area contributed by atoms with E-state index in [9.17, 15) is 13.6 Å². The van der Waals surface area contributed by atoms with Crippen molar-refractivity contribution in [3.8, 4) is 11.5 Å². The van der Waals surface area contributed by atoms with Gasteiger partial charge in [0, 0.05) is 26.6 Å². The van der Waals surface area contributed by atoms with E-state index < -0.39 is 6.10 Å². The van der Waals surface area contributed by atoms with Gasteiger partial charge in [0.15, 0.2) is 17.4 Å². The lowest BCUT2D eigenvalue weighted by Crippen LogP contribution is -2.38. The van der Waals surface area contributed by atoms with Crippen LogP contribution < -0.4 is 9.47 Å². The fourth-order valence-corrected chi connectivity index (χ4v) is 5.43. The number of hydrogen-bond acceptors (Lipinski definition) is 7. The molecule has 0 amide bonds. The van der Waals surface area contributed by atoms with Gasteiger partial charge in [0.2, 0.25) is 11.3 Å². The molecule has 1 saturated heterocycles. The van der Waals surface area contributed by atoms with Gasteiger partial charge in [-0.15, -0.1) is 0 Å². The van der Waals surface area contributed by atoms with E-state index in [4.69, 9.17) is 18.6 Å². The predicted molar refractivity (Wildman–Crippen MR) is 155 cm³/mol. The Balaban J connectivity index is 1.56. The third-order valence-corrected chi connectivity index (χ3v) is 7.72. The molecular weight excluding hydrogens is 542 g/mol. The summed E-state index contributed by atoms with van der Waals surface area (Å²) in [7, 11) is 0. The number of halogens is 2. The quantitative estimate of drug-likeness (QED) is 0.178. The van der Waals surface area contributed by atoms with Crippen molar-refractivity contribution in [2.24, 2.45) is 0 Å². The summed E-state index contributed by atoms with van der Waals surface area (Å²) in [5.74, 6) is 0.114. The van der Waals surface area contributed by atoms with Crippen LogP contribution in [0.1, 0.15) is 65.2 Å². The molecule has 0 bridgehead atoms. The topological polar surface area (TPSA) is 74.0 Å². The molecule has 0 radical (unpaired) electrons. The standard InChI is InChI=1S/C33H36F2N2O5/c1-20(24-5-9-26(34)10-6-24)19-28(25-7-11-27(35)12-8-25)42-33-31(40-18-15-37-13-16-39-17-14-37)29(22(3)38)21(2)30-32(33)41-23(4)36-30/h5-12,20,28H,13-19H2,1-4H3. The highest BCUT2D eigenvalue weighted by Gasteiger charge is 2.30. The first-order valence-electron chi connectivity index (χ1n) is 14.3. The summed E-state index contributed by atoms with van der Waals surface area (Å²) in [5, 5.41) is 0. The van der Waals surface area contributed by atoms with Gasteiger partial charge in [-0.3, -0.25) is 9.69 Å². The van der Waals surface area contributed by atoms with E-state index in [1.165, 1.54) is 31.2 Å². The molecule has 0 spiro atoms. The van der Waals surface area contributed by atoms with Crippen molar-refractivity contribution in [3.63, 3.8) is 0 Å². The highest BCUT2D eigenvalue weighted by Crippen LogP contribution is 2.45. The van der Waals surface area contributed by atoms with E-state index >= 15 is 0 Å². The fraction of sp³-hybridized carbons (Fsp3) is 0.394. The van der Waals surface area contributed by atoms with Crippen LogP contribution in [-0.2, 0) is 4.74 Å². The van der Waals surface area contributed by atoms with Crippen LogP contribution in [0.3, 0.4) is 0 Å². The summed E-state index contributed by atoms with van der Waals surface area (Å²) < 4.78 is 52.2. The number of fused-ring (bicyclic) bond motifs is 1. The molecule has 222 valence electrons. The Hall–Kier alpha value is -3.82. The Morgan fingerprint density at radius 2 is 1.60 bits per heavy atom. The molecule has 0 aliphatic carbocycles. The van der Waals surface area contributed by atoms with Crippen LogP contribution in [0.5, 0.6) is 11.5 Å². The Kier molecular flexibility index (Phi) is 9.18. The lowest BCUT2D eigenvalue weighted by Gasteiger charge is -2.28. The molecule has 9 heteroatoms. The van der Waals surface area contributed by atoms with E-state index in [0.717, 1.165) is 24.2 Å². The van der Waals surface area contributed by atoms with Crippen LogP contribution in [0.15, 0.2) is 52.9 Å². The molecule has 2 heterocycles. The molecule has 1 aromatic heterocycles. The van der Waals surface area contributed by atoms with Gasteiger partial charge in [0.05, 0.1) is 18.8 Å². The molecule has 5 rings (SSSR count). The Bertz CT molecular complexity index is 1530. The van der Waals surface area contributed by atoms with E-state index in [0.29, 0.717) is 66.7 Å². The van der Waals surface area contributed by atoms with Crippen LogP contribution in [0.4, 0.5) is 8.78 Å². The van der Waals surface area contributed by atoms with Gasteiger partial charge in [0.25, 0.3) is 0 Å². The Morgan fingerprint density at radius 1 is 0.976 bits per heavy atom. The number of carbonyl (C=O) groups is 1. The van der Waals surface area contributed by atoms with Gasteiger partial charge in [-0.2, -0.15) is 0 Å². The lowest BCUT2D eigenvalue weighted by atomic mass is 9.92. The minimum Gasteiger partial charge on any atom is -0.487 e. The third-order valence-electron chi connectivity index (χ3n) is 7.72. The van der Waals surface area contributed by atoms with Crippen LogP contribution in [-0.4, -0.2) is 55.1 Å². The highest BCUT2D eigenvalue weighted by molar-refractivity contribution is 6.05. The number of ketones is 1. The minimum atomic E-state index is -0.580. The van der Waals surface area contributed by atoms with Gasteiger partial charge in [-0.1, -0.05) is 31.2 Å². The number of ether oxygens (including phenoxy) is 3. The maximum Gasteiger partial charge on any atom is 0.208 e. The molecule has 4 aromatic rings. The second-order valence-electron chi connectivity index (χ2n) is 10.8. The van der Waals surface area contributed by atoms with Gasteiger partial charge < -0.3 is 18.6 Å². The van der Waals surface area contributed by atoms with Crippen LogP contribution >= 0.6 is 0 Å². The monoisotopic (exact) mass is 578 g/mol. The molecule has 2 unspecified atom stereocenters. The van der Waals surface area contributed by atoms with Gasteiger partial charge in [-0.05, 0) is 67.1 Å². The van der Waals surface area contributed by atoms with Crippen molar-refractivity contribution in [2.45, 2.75) is 46.1 Å². The molecule has 0 saturated carbocycles. The summed E-state index contributed by atoms with van der Waals surface area (Å²) in [6, 6.07) is 12.5. The normalized spacial score (nSPS) is 15.5. The Labute approximate surface area is 244 Å². The fourth-order valence-electron chi connectivity index (χ4n) is 5.43. The summed E-state index contributed by atoms with van der Waals surface area (Å²) >= 11 is 0. The molecule has 2 atom stereocenters. The number of rotatable bonds is 11. The number of aromatic nitrogens is 1. The largest absolute Gasteiger partial charge is 0.487 e. The van der Waals surface area contributed by atoms with E-state index in [-0.39, 0.29) is 29.1 Å². The first-order chi connectivity index (χ1) is 20.2. The number of oxazole rings is 1. The maximum absolute atomic E-state index is 13.9. The molecule has 0 N–H and O–H groups in total. The number of hydrogen-bond donors (Lipinski definition) is 0. The molecule has 42 heavy (non-hydrogen) atoms. The van der Waals surface area contributed by atoms with Crippen molar-refractivity contribution >= 4 is 16.9 Å². The smallest absolute Gasteiger partial charge is 0.208 e. The zero-order valence-electron chi connectivity index (χ0n) is 24.4. The first-order valence-corrected chi connectivity index (χ1v) is 14.3. The second kappa shape index (κ2) is 13.0. The summed E-state index contributed by atoms with van der Waals surface area (Å²) in [5.41, 5.74) is 3.62. The third kappa shape index (κ3) is 6.63. The van der Waals surface area contributed by atoms with Crippen LogP contribution in [0, 0.1) is 25.5 Å². The van der Waals surface area contributed by atoms with Crippen LogP contribution in [0.25, 0.3) is 11.1 Å². The van der Waals surface area contributed by atoms with Gasteiger partial charge >= 0.3 is 0 Å². The minimum absolute atomic E-state index is 0.0454. The van der Waals surface area contributed by atoms with Crippen molar-refractivity contribution in [1.82, 2.24) is 9.88 Å². The van der Waals surface area contributed by atoms with E-state index in [1.54, 1.807) is 31.2 Å². The maximum atomic E-state index is 13.9. The average molecular weight is 579 g/mol. The number of nitrogens with zero attached hydrogens (tertiary/aromatic N) is 2. The van der Waals surface area contributed by atoms with Crippen LogP contribution in [0.2, 0.25) is 0 Å². The number of morpholine rings is 1. The first kappa shape index (κ1) is 29.7. The molecule has 1 aliphatic heterocycles. The molecule has 3 aromatic carbocycles. The van der Waals surface area contributed by atoms with Crippen molar-refractivity contribution in [1.29, 1.82) is 0 Å². The lowest BCUT2D eigenvalue weighted by molar-refractivity contribution is 0.0319. The van der Waals surface area contributed by atoms with Crippen molar-refractivity contribution in [2.75, 3.05) is 39.5 Å². The summed E-state index contributed by atoms with van der Waals surface area (Å²) in [6.45, 7) is 11.0. The van der Waals surface area contributed by atoms with Gasteiger partial charge in [0.1, 0.15) is 29.9 Å². The molecular formula is C33H36F2N2O5. The molecule has 1 aliphatic rings. The molecule has 7 nitrogen and oxygen atoms in total. The highest BCUT2D eigenvalue weighted by atomic mass is 19.1. The van der Waals surface area contributed by atoms with Gasteiger partial charge in [-0.25, -0.2) is 13.8 Å². The molecule has 1 fully saturated rings.